The molecule has 2 rings (SSSR count). The number of alkyl halides is 3. The summed E-state index contributed by atoms with van der Waals surface area (Å²) >= 11 is 1.58. The summed E-state index contributed by atoms with van der Waals surface area (Å²) < 4.78 is 41.1. The van der Waals surface area contributed by atoms with Crippen LogP contribution in [0.25, 0.3) is 0 Å². The number of carbonyl (C=O) groups excluding carboxylic acids is 1. The van der Waals surface area contributed by atoms with Gasteiger partial charge in [-0.05, 0) is 25.0 Å². The SMILES string of the molecule is Cc1cnc([C@@H](C)CNC(=O)CCc2ccccc2OC(F)(F)F)s1. The number of hydrogen-bond acceptors (Lipinski definition) is 4. The monoisotopic (exact) mass is 372 g/mol. The molecule has 0 spiro atoms. The number of nitrogens with one attached hydrogen (secondary N) is 1. The van der Waals surface area contributed by atoms with Gasteiger partial charge in [-0.3, -0.25) is 4.79 Å². The third-order valence-electron chi connectivity index (χ3n) is 3.49. The number of benzene rings is 1. The number of thiazole rings is 1. The van der Waals surface area contributed by atoms with Crippen LogP contribution in [-0.4, -0.2) is 23.8 Å². The van der Waals surface area contributed by atoms with Crippen LogP contribution in [0.2, 0.25) is 0 Å². The summed E-state index contributed by atoms with van der Waals surface area (Å²) in [7, 11) is 0. The molecule has 2 aromatic rings. The summed E-state index contributed by atoms with van der Waals surface area (Å²) in [6.45, 7) is 4.37. The minimum atomic E-state index is -4.75. The first kappa shape index (κ1) is 19.2. The summed E-state index contributed by atoms with van der Waals surface area (Å²) in [6.07, 6.45) is -2.71. The van der Waals surface area contributed by atoms with Crippen LogP contribution < -0.4 is 10.1 Å². The average Bonchev–Trinajstić information content (AvgIpc) is 2.97. The smallest absolute Gasteiger partial charge is 0.406 e. The van der Waals surface area contributed by atoms with E-state index in [2.05, 4.69) is 15.0 Å². The van der Waals surface area contributed by atoms with Crippen LogP contribution in [0.4, 0.5) is 13.2 Å². The van der Waals surface area contributed by atoms with Crippen LogP contribution in [0.5, 0.6) is 5.75 Å². The van der Waals surface area contributed by atoms with Crippen molar-refractivity contribution in [1.29, 1.82) is 0 Å². The molecule has 0 aliphatic heterocycles. The summed E-state index contributed by atoms with van der Waals surface area (Å²) in [5, 5.41) is 3.74. The highest BCUT2D eigenvalue weighted by Crippen LogP contribution is 2.27. The molecule has 1 amide bonds. The van der Waals surface area contributed by atoms with Crippen molar-refractivity contribution in [3.8, 4) is 5.75 Å². The van der Waals surface area contributed by atoms with Crippen molar-refractivity contribution >= 4 is 17.2 Å². The molecule has 1 aromatic heterocycles. The van der Waals surface area contributed by atoms with Gasteiger partial charge in [0.2, 0.25) is 5.91 Å². The van der Waals surface area contributed by atoms with E-state index in [0.717, 1.165) is 9.88 Å². The highest BCUT2D eigenvalue weighted by molar-refractivity contribution is 7.11. The second-order valence-electron chi connectivity index (χ2n) is 5.67. The number of amides is 1. The number of hydrogen-bond donors (Lipinski definition) is 1. The highest BCUT2D eigenvalue weighted by Gasteiger charge is 2.31. The second kappa shape index (κ2) is 8.33. The second-order valence-corrected chi connectivity index (χ2v) is 6.94. The maximum atomic E-state index is 12.4. The van der Waals surface area contributed by atoms with Crippen LogP contribution in [0, 0.1) is 6.92 Å². The Hall–Kier alpha value is -2.09. The first-order valence-corrected chi connectivity index (χ1v) is 8.59. The van der Waals surface area contributed by atoms with Crippen LogP contribution in [-0.2, 0) is 11.2 Å². The molecule has 0 saturated carbocycles. The van der Waals surface area contributed by atoms with Gasteiger partial charge in [0.1, 0.15) is 5.75 Å². The molecule has 25 heavy (non-hydrogen) atoms. The quantitative estimate of drug-likeness (QED) is 0.792. The van der Waals surface area contributed by atoms with Gasteiger partial charge >= 0.3 is 6.36 Å². The molecule has 0 unspecified atom stereocenters. The molecule has 0 aliphatic rings. The van der Waals surface area contributed by atoms with Gasteiger partial charge in [0, 0.05) is 30.0 Å². The van der Waals surface area contributed by atoms with E-state index in [1.807, 2.05) is 13.8 Å². The van der Waals surface area contributed by atoms with Crippen LogP contribution in [0.1, 0.15) is 34.7 Å². The minimum Gasteiger partial charge on any atom is -0.406 e. The molecule has 1 N–H and O–H groups in total. The first-order valence-electron chi connectivity index (χ1n) is 7.77. The third-order valence-corrected chi connectivity index (χ3v) is 4.63. The van der Waals surface area contributed by atoms with E-state index in [1.165, 1.54) is 18.2 Å². The molecule has 0 aliphatic carbocycles. The maximum Gasteiger partial charge on any atom is 0.573 e. The van der Waals surface area contributed by atoms with Gasteiger partial charge < -0.3 is 10.1 Å². The Kier molecular flexibility index (Phi) is 6.41. The number of aryl methyl sites for hydroxylation is 2. The van der Waals surface area contributed by atoms with Gasteiger partial charge in [-0.1, -0.05) is 25.1 Å². The fourth-order valence-electron chi connectivity index (χ4n) is 2.23. The average molecular weight is 372 g/mol. The predicted molar refractivity (Wildman–Crippen MR) is 89.7 cm³/mol. The molecular weight excluding hydrogens is 353 g/mol. The van der Waals surface area contributed by atoms with Crippen LogP contribution in [0.15, 0.2) is 30.5 Å². The third kappa shape index (κ3) is 6.38. The zero-order valence-electron chi connectivity index (χ0n) is 13.9. The summed E-state index contributed by atoms with van der Waals surface area (Å²) in [5.74, 6) is -0.403. The lowest BCUT2D eigenvalue weighted by atomic mass is 10.1. The Balaban J connectivity index is 1.84. The first-order chi connectivity index (χ1) is 11.7. The van der Waals surface area contributed by atoms with E-state index in [1.54, 1.807) is 23.6 Å². The van der Waals surface area contributed by atoms with Crippen molar-refractivity contribution in [1.82, 2.24) is 10.3 Å². The van der Waals surface area contributed by atoms with Gasteiger partial charge in [0.05, 0.1) is 5.01 Å². The lowest BCUT2D eigenvalue weighted by Crippen LogP contribution is -2.27. The van der Waals surface area contributed by atoms with E-state index in [4.69, 9.17) is 0 Å². The topological polar surface area (TPSA) is 51.2 Å². The van der Waals surface area contributed by atoms with E-state index in [0.29, 0.717) is 12.1 Å². The highest BCUT2D eigenvalue weighted by atomic mass is 32.1. The summed E-state index contributed by atoms with van der Waals surface area (Å²) in [6, 6.07) is 5.84. The normalized spacial score (nSPS) is 12.7. The number of ether oxygens (including phenoxy) is 1. The van der Waals surface area contributed by atoms with Crippen LogP contribution in [0.3, 0.4) is 0 Å². The van der Waals surface area contributed by atoms with Gasteiger partial charge in [0.25, 0.3) is 0 Å². The van der Waals surface area contributed by atoms with E-state index in [-0.39, 0.29) is 30.4 Å². The molecule has 0 saturated heterocycles. The fraction of sp³-hybridized carbons (Fsp3) is 0.412. The fourth-order valence-corrected chi connectivity index (χ4v) is 3.05. The van der Waals surface area contributed by atoms with Crippen molar-refractivity contribution in [3.63, 3.8) is 0 Å². The molecule has 1 heterocycles. The zero-order valence-corrected chi connectivity index (χ0v) is 14.7. The Morgan fingerprint density at radius 2 is 2.08 bits per heavy atom. The van der Waals surface area contributed by atoms with E-state index >= 15 is 0 Å². The number of rotatable bonds is 7. The summed E-state index contributed by atoms with van der Waals surface area (Å²) in [5.41, 5.74) is 0.346. The molecule has 0 bridgehead atoms. The van der Waals surface area contributed by atoms with Crippen LogP contribution >= 0.6 is 11.3 Å². The largest absolute Gasteiger partial charge is 0.573 e. The van der Waals surface area contributed by atoms with Gasteiger partial charge in [-0.25, -0.2) is 4.98 Å². The molecule has 0 fully saturated rings. The lowest BCUT2D eigenvalue weighted by Gasteiger charge is -2.13. The van der Waals surface area contributed by atoms with Crippen molar-refractivity contribution in [2.24, 2.45) is 0 Å². The summed E-state index contributed by atoms with van der Waals surface area (Å²) in [4.78, 5) is 17.3. The van der Waals surface area contributed by atoms with E-state index < -0.39 is 6.36 Å². The van der Waals surface area contributed by atoms with E-state index in [9.17, 15) is 18.0 Å². The Morgan fingerprint density at radius 3 is 2.72 bits per heavy atom. The molecule has 1 aromatic carbocycles. The molecule has 0 radical (unpaired) electrons. The number of nitrogens with zero attached hydrogens (tertiary/aromatic N) is 1. The van der Waals surface area contributed by atoms with Crippen molar-refractivity contribution in [2.75, 3.05) is 6.54 Å². The molecule has 136 valence electrons. The number of halogens is 3. The number of carbonyl (C=O) groups is 1. The molecule has 8 heteroatoms. The molecular formula is C17H19F3N2O2S. The number of aromatic nitrogens is 1. The van der Waals surface area contributed by atoms with Gasteiger partial charge in [0.15, 0.2) is 0 Å². The van der Waals surface area contributed by atoms with Gasteiger partial charge in [-0.15, -0.1) is 24.5 Å². The lowest BCUT2D eigenvalue weighted by molar-refractivity contribution is -0.274. The van der Waals surface area contributed by atoms with Crippen molar-refractivity contribution in [2.45, 2.75) is 39.0 Å². The molecule has 1 atom stereocenters. The Labute approximate surface area is 148 Å². The van der Waals surface area contributed by atoms with Crippen molar-refractivity contribution in [3.05, 3.63) is 45.9 Å². The van der Waals surface area contributed by atoms with Gasteiger partial charge in [-0.2, -0.15) is 0 Å². The number of para-hydroxylation sites is 1. The Morgan fingerprint density at radius 1 is 1.36 bits per heavy atom. The predicted octanol–water partition coefficient (Wildman–Crippen LogP) is 4.20. The maximum absolute atomic E-state index is 12.4. The molecule has 4 nitrogen and oxygen atoms in total. The minimum absolute atomic E-state index is 0.0852. The standard InChI is InChI=1S/C17H19F3N2O2S/c1-11(16-22-10-12(2)25-16)9-21-15(23)8-7-13-5-3-4-6-14(13)24-17(18,19)20/h3-6,10-11H,7-9H2,1-2H3,(H,21,23)/t11-/m0/s1. The van der Waals surface area contributed by atoms with Crippen molar-refractivity contribution < 1.29 is 22.7 Å². The Bertz CT molecular complexity index is 716. The zero-order chi connectivity index (χ0) is 18.4.